The Morgan fingerprint density at radius 3 is 1.43 bits per heavy atom. The average molecular weight is 585 g/mol. The van der Waals surface area contributed by atoms with E-state index in [1.54, 1.807) is 0 Å². The van der Waals surface area contributed by atoms with Crippen molar-refractivity contribution >= 4 is 82.7 Å². The maximum absolute atomic E-state index is 7.13. The Kier molecular flexibility index (Phi) is 4.66. The van der Waals surface area contributed by atoms with Crippen LogP contribution >= 0.6 is 0 Å². The van der Waals surface area contributed by atoms with Crippen molar-refractivity contribution in [1.29, 1.82) is 0 Å². The van der Waals surface area contributed by atoms with Crippen molar-refractivity contribution in [3.05, 3.63) is 146 Å². The normalized spacial score (nSPS) is 13.1. The fraction of sp³-hybridized carbons (Fsp3) is 0. The maximum Gasteiger partial charge on any atom is 0.260 e. The molecule has 4 heterocycles. The van der Waals surface area contributed by atoms with Crippen molar-refractivity contribution in [3.8, 4) is 23.0 Å². The number of fused-ring (bicyclic) bond motifs is 16. The summed E-state index contributed by atoms with van der Waals surface area (Å²) in [5.74, 6) is 3.54. The Bertz CT molecular complexity index is 2820. The molecule has 0 fully saturated rings. The van der Waals surface area contributed by atoms with E-state index in [2.05, 4.69) is 150 Å². The van der Waals surface area contributed by atoms with Crippen LogP contribution in [0, 0.1) is 0 Å². The minimum absolute atomic E-state index is 0.0259. The summed E-state index contributed by atoms with van der Waals surface area (Å²) in [6.45, 7) is -0.0259. The molecule has 2 aliphatic rings. The Morgan fingerprint density at radius 2 is 0.804 bits per heavy atom. The van der Waals surface area contributed by atoms with Crippen LogP contribution < -0.4 is 25.9 Å². The Hall–Kier alpha value is -6.00. The van der Waals surface area contributed by atoms with Gasteiger partial charge in [0.25, 0.3) is 6.71 Å². The summed E-state index contributed by atoms with van der Waals surface area (Å²) >= 11 is 0. The van der Waals surface area contributed by atoms with Crippen molar-refractivity contribution < 1.29 is 9.47 Å². The van der Waals surface area contributed by atoms with Gasteiger partial charge in [0, 0.05) is 21.6 Å². The molecule has 7 aromatic carbocycles. The number of benzene rings is 7. The highest BCUT2D eigenvalue weighted by atomic mass is 16.5. The van der Waals surface area contributed by atoms with Gasteiger partial charge < -0.3 is 13.9 Å². The third-order valence-electron chi connectivity index (χ3n) is 10.1. The van der Waals surface area contributed by atoms with Gasteiger partial charge in [0.2, 0.25) is 0 Å². The third kappa shape index (κ3) is 2.99. The van der Waals surface area contributed by atoms with Gasteiger partial charge in [0.05, 0.1) is 21.9 Å². The van der Waals surface area contributed by atoms with Crippen LogP contribution in [0.3, 0.4) is 0 Å². The standard InChI is InChI=1S/C42H24BNO2/c1-2-14-26-25(13-1)27-15-3-4-17-29(27)37-40-38(30-18-6-10-22-34(30)44(40)33-21-9-5-16-28(26)33)42-39-41(37)45-35-23-11-7-19-31(35)43(39)32-20-8-12-24-36(32)46-42/h1-24H. The number of hydrogen-bond acceptors (Lipinski definition) is 2. The summed E-state index contributed by atoms with van der Waals surface area (Å²) in [5.41, 5.74) is 6.78. The number of para-hydroxylation sites is 4. The molecule has 212 valence electrons. The summed E-state index contributed by atoms with van der Waals surface area (Å²) < 4.78 is 16.6. The van der Waals surface area contributed by atoms with Crippen molar-refractivity contribution in [2.45, 2.75) is 0 Å². The molecular weight excluding hydrogens is 561 g/mol. The van der Waals surface area contributed by atoms with E-state index in [0.29, 0.717) is 0 Å². The van der Waals surface area contributed by atoms with E-state index in [1.165, 1.54) is 21.5 Å². The molecule has 0 atom stereocenters. The second-order valence-corrected chi connectivity index (χ2v) is 12.3. The molecule has 0 bridgehead atoms. The van der Waals surface area contributed by atoms with E-state index in [0.717, 1.165) is 77.5 Å². The molecule has 0 saturated carbocycles. The van der Waals surface area contributed by atoms with E-state index in [-0.39, 0.29) is 6.71 Å². The molecule has 46 heavy (non-hydrogen) atoms. The zero-order chi connectivity index (χ0) is 29.9. The minimum Gasteiger partial charge on any atom is -0.458 e. The van der Waals surface area contributed by atoms with Crippen LogP contribution in [0.2, 0.25) is 0 Å². The SMILES string of the molecule is c1ccc2c(c1)Oc1c3c(c4c5ccccc5n5c6ccccc6c6ccccc6c6ccccc6c1c45)Oc1ccccc1B23. The zero-order valence-corrected chi connectivity index (χ0v) is 24.7. The second-order valence-electron chi connectivity index (χ2n) is 12.3. The summed E-state index contributed by atoms with van der Waals surface area (Å²) in [6, 6.07) is 52.1. The fourth-order valence-electron chi connectivity index (χ4n) is 8.27. The highest BCUT2D eigenvalue weighted by Crippen LogP contribution is 2.49. The molecule has 4 heteroatoms. The summed E-state index contributed by atoms with van der Waals surface area (Å²) in [7, 11) is 0. The number of nitrogens with zero attached hydrogens (tertiary/aromatic N) is 1. The van der Waals surface area contributed by atoms with Gasteiger partial charge in [-0.1, -0.05) is 121 Å². The van der Waals surface area contributed by atoms with Crippen LogP contribution in [0.15, 0.2) is 146 Å². The smallest absolute Gasteiger partial charge is 0.260 e. The molecule has 0 amide bonds. The quantitative estimate of drug-likeness (QED) is 0.166. The van der Waals surface area contributed by atoms with Crippen molar-refractivity contribution in [3.63, 3.8) is 0 Å². The molecule has 0 spiro atoms. The van der Waals surface area contributed by atoms with E-state index in [4.69, 9.17) is 9.47 Å². The van der Waals surface area contributed by atoms with Crippen LogP contribution in [0.4, 0.5) is 0 Å². The van der Waals surface area contributed by atoms with Crippen LogP contribution in [-0.4, -0.2) is 11.1 Å². The average Bonchev–Trinajstić information content (AvgIpc) is 3.47. The molecule has 2 aliphatic heterocycles. The molecule has 2 aromatic heterocycles. The minimum atomic E-state index is -0.0259. The Balaban J connectivity index is 1.54. The van der Waals surface area contributed by atoms with E-state index in [1.807, 2.05) is 0 Å². The highest BCUT2D eigenvalue weighted by molar-refractivity contribution is 6.98. The number of hydrogen-bond donors (Lipinski definition) is 0. The molecule has 0 aliphatic carbocycles. The van der Waals surface area contributed by atoms with Crippen molar-refractivity contribution in [2.75, 3.05) is 0 Å². The first kappa shape index (κ1) is 24.3. The first-order valence-corrected chi connectivity index (χ1v) is 15.8. The predicted octanol–water partition coefficient (Wildman–Crippen LogP) is 9.00. The summed E-state index contributed by atoms with van der Waals surface area (Å²) in [6.07, 6.45) is 0. The predicted molar refractivity (Wildman–Crippen MR) is 191 cm³/mol. The first-order chi connectivity index (χ1) is 22.9. The van der Waals surface area contributed by atoms with Crippen LogP contribution in [-0.2, 0) is 0 Å². The molecule has 0 unspecified atom stereocenters. The fourth-order valence-corrected chi connectivity index (χ4v) is 8.27. The molecule has 0 saturated heterocycles. The monoisotopic (exact) mass is 585 g/mol. The van der Waals surface area contributed by atoms with E-state index < -0.39 is 0 Å². The molecular formula is C42H24BNO2. The van der Waals surface area contributed by atoms with Crippen molar-refractivity contribution in [2.24, 2.45) is 0 Å². The molecule has 11 rings (SSSR count). The zero-order valence-electron chi connectivity index (χ0n) is 24.7. The molecule has 3 nitrogen and oxygen atoms in total. The van der Waals surface area contributed by atoms with E-state index in [9.17, 15) is 0 Å². The number of aromatic nitrogens is 1. The molecule has 0 radical (unpaired) electrons. The van der Waals surface area contributed by atoms with Gasteiger partial charge >= 0.3 is 0 Å². The summed E-state index contributed by atoms with van der Waals surface area (Å²) in [5, 5.41) is 9.28. The highest BCUT2D eigenvalue weighted by Gasteiger charge is 2.42. The van der Waals surface area contributed by atoms with Crippen molar-refractivity contribution in [1.82, 2.24) is 4.40 Å². The molecule has 9 aromatic rings. The van der Waals surface area contributed by atoms with E-state index >= 15 is 0 Å². The van der Waals surface area contributed by atoms with Gasteiger partial charge in [-0.3, -0.25) is 0 Å². The Labute approximate surface area is 264 Å². The number of ether oxygens (including phenoxy) is 2. The molecule has 0 N–H and O–H groups in total. The topological polar surface area (TPSA) is 22.9 Å². The van der Waals surface area contributed by atoms with Crippen LogP contribution in [0.1, 0.15) is 0 Å². The number of rotatable bonds is 0. The van der Waals surface area contributed by atoms with Gasteiger partial charge in [-0.05, 0) is 56.7 Å². The lowest BCUT2D eigenvalue weighted by atomic mass is 9.34. The maximum atomic E-state index is 7.13. The largest absolute Gasteiger partial charge is 0.458 e. The second kappa shape index (κ2) is 8.80. The Morgan fingerprint density at radius 1 is 0.391 bits per heavy atom. The lowest BCUT2D eigenvalue weighted by Gasteiger charge is -2.34. The van der Waals surface area contributed by atoms with Gasteiger partial charge in [-0.25, -0.2) is 0 Å². The lowest BCUT2D eigenvalue weighted by Crippen LogP contribution is -2.57. The third-order valence-corrected chi connectivity index (χ3v) is 10.1. The van der Waals surface area contributed by atoms with Gasteiger partial charge in [-0.15, -0.1) is 0 Å². The van der Waals surface area contributed by atoms with Crippen LogP contribution in [0.25, 0.3) is 59.6 Å². The first-order valence-electron chi connectivity index (χ1n) is 15.8. The van der Waals surface area contributed by atoms with Crippen LogP contribution in [0.5, 0.6) is 23.0 Å². The van der Waals surface area contributed by atoms with Gasteiger partial charge in [0.1, 0.15) is 23.0 Å². The van der Waals surface area contributed by atoms with Gasteiger partial charge in [-0.2, -0.15) is 0 Å². The van der Waals surface area contributed by atoms with Gasteiger partial charge in [0.15, 0.2) is 0 Å². The summed E-state index contributed by atoms with van der Waals surface area (Å²) in [4.78, 5) is 0. The lowest BCUT2D eigenvalue weighted by molar-refractivity contribution is 0.472.